The minimum Gasteiger partial charge on any atom is -0.477 e. The van der Waals surface area contributed by atoms with Crippen molar-refractivity contribution in [1.29, 1.82) is 0 Å². The van der Waals surface area contributed by atoms with Crippen molar-refractivity contribution in [3.05, 3.63) is 28.8 Å². The highest BCUT2D eigenvalue weighted by Crippen LogP contribution is 2.24. The smallest absolute Gasteiger partial charge is 0.345 e. The number of sulfonamides is 1. The summed E-state index contributed by atoms with van der Waals surface area (Å²) in [6.07, 6.45) is 1.48. The second-order valence-corrected chi connectivity index (χ2v) is 6.45. The van der Waals surface area contributed by atoms with Crippen LogP contribution >= 0.6 is 11.3 Å². The van der Waals surface area contributed by atoms with Gasteiger partial charge < -0.3 is 5.11 Å². The molecule has 0 atom stereocenters. The first-order chi connectivity index (χ1) is 8.40. The lowest BCUT2D eigenvalue weighted by Crippen LogP contribution is -2.12. The fourth-order valence-electron chi connectivity index (χ4n) is 1.21. The van der Waals surface area contributed by atoms with Crippen molar-refractivity contribution in [3.63, 3.8) is 0 Å². The topological polar surface area (TPSA) is 112 Å². The van der Waals surface area contributed by atoms with E-state index in [9.17, 15) is 13.2 Å². The van der Waals surface area contributed by atoms with Gasteiger partial charge in [-0.3, -0.25) is 9.82 Å². The number of aromatic amines is 1. The lowest BCUT2D eigenvalue weighted by Gasteiger charge is -2.03. The number of aryl methyl sites for hydroxylation is 1. The largest absolute Gasteiger partial charge is 0.477 e. The van der Waals surface area contributed by atoms with Crippen molar-refractivity contribution in [2.45, 2.75) is 11.1 Å². The van der Waals surface area contributed by atoms with Gasteiger partial charge in [0.05, 0.1) is 6.20 Å². The molecule has 0 aliphatic rings. The number of carbonyl (C=O) groups is 1. The Morgan fingerprint density at radius 1 is 1.50 bits per heavy atom. The molecular formula is C9H9N3O4S2. The Balaban J connectivity index is 2.31. The number of hydrogen-bond donors (Lipinski definition) is 3. The van der Waals surface area contributed by atoms with E-state index in [4.69, 9.17) is 5.11 Å². The van der Waals surface area contributed by atoms with Gasteiger partial charge in [-0.2, -0.15) is 5.10 Å². The molecule has 96 valence electrons. The zero-order valence-electron chi connectivity index (χ0n) is 9.17. The summed E-state index contributed by atoms with van der Waals surface area (Å²) in [5, 5.41) is 14.9. The van der Waals surface area contributed by atoms with E-state index in [1.165, 1.54) is 18.3 Å². The molecule has 0 aromatic carbocycles. The number of thiophene rings is 1. The highest BCUT2D eigenvalue weighted by Gasteiger charge is 2.20. The lowest BCUT2D eigenvalue weighted by atomic mass is 10.4. The standard InChI is InChI=1S/C9H9N3O4S2/c1-5-4-10-11-8(5)12-18(15,16)7-3-2-6(17-7)9(13)14/h2-4H,1H3,(H,13,14)(H2,10,11,12). The molecule has 2 aromatic heterocycles. The minimum absolute atomic E-state index is 0.0308. The van der Waals surface area contributed by atoms with Crippen LogP contribution in [0.4, 0.5) is 5.82 Å². The molecule has 7 nitrogen and oxygen atoms in total. The third-order valence-electron chi connectivity index (χ3n) is 2.12. The van der Waals surface area contributed by atoms with Crippen LogP contribution in [-0.2, 0) is 10.0 Å². The van der Waals surface area contributed by atoms with Gasteiger partial charge in [-0.25, -0.2) is 13.2 Å². The fourth-order valence-corrected chi connectivity index (χ4v) is 3.45. The van der Waals surface area contributed by atoms with E-state index in [-0.39, 0.29) is 14.9 Å². The highest BCUT2D eigenvalue weighted by atomic mass is 32.2. The van der Waals surface area contributed by atoms with Crippen LogP contribution in [0.5, 0.6) is 0 Å². The van der Waals surface area contributed by atoms with Gasteiger partial charge in [0.15, 0.2) is 0 Å². The number of hydrogen-bond acceptors (Lipinski definition) is 5. The second-order valence-electron chi connectivity index (χ2n) is 3.46. The van der Waals surface area contributed by atoms with E-state index in [2.05, 4.69) is 14.9 Å². The maximum absolute atomic E-state index is 11.9. The normalized spacial score (nSPS) is 11.4. The molecular weight excluding hydrogens is 278 g/mol. The summed E-state index contributed by atoms with van der Waals surface area (Å²) >= 11 is 0.691. The van der Waals surface area contributed by atoms with Crippen LogP contribution < -0.4 is 4.72 Å². The molecule has 0 unspecified atom stereocenters. The van der Waals surface area contributed by atoms with Crippen LogP contribution in [0.15, 0.2) is 22.5 Å². The number of rotatable bonds is 4. The molecule has 0 spiro atoms. The summed E-state index contributed by atoms with van der Waals surface area (Å²) in [4.78, 5) is 10.7. The number of carboxylic acids is 1. The van der Waals surface area contributed by atoms with Crippen LogP contribution in [0, 0.1) is 6.92 Å². The number of nitrogens with one attached hydrogen (secondary N) is 2. The van der Waals surface area contributed by atoms with Crippen molar-refractivity contribution in [2.24, 2.45) is 0 Å². The van der Waals surface area contributed by atoms with E-state index in [0.717, 1.165) is 0 Å². The summed E-state index contributed by atoms with van der Waals surface area (Å²) in [5.41, 5.74) is 0.647. The molecule has 0 aliphatic carbocycles. The fraction of sp³-hybridized carbons (Fsp3) is 0.111. The molecule has 3 N–H and O–H groups in total. The van der Waals surface area contributed by atoms with Crippen LogP contribution in [-0.4, -0.2) is 29.7 Å². The third-order valence-corrected chi connectivity index (χ3v) is 5.04. The molecule has 2 rings (SSSR count). The van der Waals surface area contributed by atoms with Crippen LogP contribution in [0.2, 0.25) is 0 Å². The first-order valence-corrected chi connectivity index (χ1v) is 7.06. The van der Waals surface area contributed by atoms with Gasteiger partial charge in [0, 0.05) is 5.56 Å². The van der Waals surface area contributed by atoms with Crippen molar-refractivity contribution >= 4 is 33.1 Å². The molecule has 0 bridgehead atoms. The van der Waals surface area contributed by atoms with E-state index < -0.39 is 16.0 Å². The number of nitrogens with zero attached hydrogens (tertiary/aromatic N) is 1. The third kappa shape index (κ3) is 2.36. The van der Waals surface area contributed by atoms with Gasteiger partial charge in [-0.15, -0.1) is 11.3 Å². The Bertz CT molecular complexity index is 686. The monoisotopic (exact) mass is 287 g/mol. The molecule has 0 aliphatic heterocycles. The number of anilines is 1. The van der Waals surface area contributed by atoms with Gasteiger partial charge in [-0.05, 0) is 19.1 Å². The highest BCUT2D eigenvalue weighted by molar-refractivity contribution is 7.94. The van der Waals surface area contributed by atoms with E-state index in [1.54, 1.807) is 6.92 Å². The number of aromatic carboxylic acids is 1. The van der Waals surface area contributed by atoms with Crippen molar-refractivity contribution in [2.75, 3.05) is 4.72 Å². The first kappa shape index (κ1) is 12.6. The Labute approximate surface area is 107 Å². The van der Waals surface area contributed by atoms with E-state index >= 15 is 0 Å². The van der Waals surface area contributed by atoms with Crippen LogP contribution in [0.1, 0.15) is 15.2 Å². The van der Waals surface area contributed by atoms with Gasteiger partial charge in [-0.1, -0.05) is 0 Å². The Morgan fingerprint density at radius 2 is 2.22 bits per heavy atom. The molecule has 0 saturated carbocycles. The number of H-pyrrole nitrogens is 1. The van der Waals surface area contributed by atoms with E-state index in [0.29, 0.717) is 16.9 Å². The van der Waals surface area contributed by atoms with Crippen molar-refractivity contribution < 1.29 is 18.3 Å². The average molecular weight is 287 g/mol. The molecule has 0 radical (unpaired) electrons. The first-order valence-electron chi connectivity index (χ1n) is 4.76. The molecule has 0 fully saturated rings. The lowest BCUT2D eigenvalue weighted by molar-refractivity contribution is 0.0702. The average Bonchev–Trinajstić information content (AvgIpc) is 2.88. The summed E-state index contributed by atoms with van der Waals surface area (Å²) in [6, 6.07) is 2.50. The number of aromatic nitrogens is 2. The molecule has 18 heavy (non-hydrogen) atoms. The summed E-state index contributed by atoms with van der Waals surface area (Å²) < 4.78 is 26.1. The van der Waals surface area contributed by atoms with Gasteiger partial charge in [0.25, 0.3) is 10.0 Å². The Kier molecular flexibility index (Phi) is 3.09. The molecule has 9 heteroatoms. The summed E-state index contributed by atoms with van der Waals surface area (Å²) in [5.74, 6) is -0.889. The molecule has 0 amide bonds. The van der Waals surface area contributed by atoms with Crippen LogP contribution in [0.25, 0.3) is 0 Å². The maximum atomic E-state index is 11.9. The van der Waals surface area contributed by atoms with Gasteiger partial charge in [0.2, 0.25) is 0 Å². The predicted molar refractivity (Wildman–Crippen MR) is 65.4 cm³/mol. The quantitative estimate of drug-likeness (QED) is 0.784. The zero-order valence-corrected chi connectivity index (χ0v) is 10.8. The van der Waals surface area contributed by atoms with E-state index in [1.807, 2.05) is 0 Å². The van der Waals surface area contributed by atoms with Crippen molar-refractivity contribution in [1.82, 2.24) is 10.2 Å². The zero-order chi connectivity index (χ0) is 13.3. The Hall–Kier alpha value is -1.87. The molecule has 0 saturated heterocycles. The second kappa shape index (κ2) is 4.42. The Morgan fingerprint density at radius 3 is 2.72 bits per heavy atom. The number of carboxylic acid groups (broad SMARTS) is 1. The minimum atomic E-state index is -3.78. The van der Waals surface area contributed by atoms with Gasteiger partial charge in [0.1, 0.15) is 14.9 Å². The summed E-state index contributed by atoms with van der Waals surface area (Å²) in [7, 11) is -3.78. The predicted octanol–water partition coefficient (Wildman–Crippen LogP) is 1.28. The summed E-state index contributed by atoms with van der Waals surface area (Å²) in [6.45, 7) is 1.69. The SMILES string of the molecule is Cc1cn[nH]c1NS(=O)(=O)c1ccc(C(=O)O)s1. The molecule has 2 aromatic rings. The maximum Gasteiger partial charge on any atom is 0.345 e. The molecule has 2 heterocycles. The van der Waals surface area contributed by atoms with Crippen LogP contribution in [0.3, 0.4) is 0 Å². The van der Waals surface area contributed by atoms with Gasteiger partial charge >= 0.3 is 5.97 Å². The van der Waals surface area contributed by atoms with Crippen molar-refractivity contribution in [3.8, 4) is 0 Å².